The molecule has 1 heterocycles. The van der Waals surface area contributed by atoms with Gasteiger partial charge in [-0.25, -0.2) is 0 Å². The lowest BCUT2D eigenvalue weighted by Gasteiger charge is -2.11. The fourth-order valence-corrected chi connectivity index (χ4v) is 2.55. The predicted octanol–water partition coefficient (Wildman–Crippen LogP) is 3.46. The van der Waals surface area contributed by atoms with Crippen LogP contribution in [0.2, 0.25) is 0 Å². The predicted molar refractivity (Wildman–Crippen MR) is 98.0 cm³/mol. The van der Waals surface area contributed by atoms with Gasteiger partial charge in [0.25, 0.3) is 0 Å². The Hall–Kier alpha value is -3.02. The van der Waals surface area contributed by atoms with E-state index >= 15 is 0 Å². The van der Waals surface area contributed by atoms with Gasteiger partial charge in [-0.15, -0.1) is 0 Å². The molecule has 0 unspecified atom stereocenters. The summed E-state index contributed by atoms with van der Waals surface area (Å²) in [6.45, 7) is 1.50. The standard InChI is InChI=1S/C20H22N2O4/c1-14(23)17-12-15(8-9-19(17)25-2)16(18-13-21-10-11-22-18)6-4-5-7-20(24)26-3/h6,8-13H,4-5,7H2,1-3H3/b16-6-. The quantitative estimate of drug-likeness (QED) is 0.410. The van der Waals surface area contributed by atoms with E-state index in [4.69, 9.17) is 4.74 Å². The Morgan fingerprint density at radius 3 is 2.62 bits per heavy atom. The number of unbranched alkanes of at least 4 members (excludes halogenated alkanes) is 1. The number of ether oxygens (including phenoxy) is 2. The van der Waals surface area contributed by atoms with Gasteiger partial charge in [0.1, 0.15) is 5.75 Å². The van der Waals surface area contributed by atoms with Crippen molar-refractivity contribution in [3.05, 3.63) is 59.7 Å². The second kappa shape index (κ2) is 9.46. The van der Waals surface area contributed by atoms with Gasteiger partial charge in [-0.05, 0) is 37.5 Å². The number of methoxy groups -OCH3 is 2. The van der Waals surface area contributed by atoms with E-state index in [9.17, 15) is 9.59 Å². The number of rotatable bonds is 8. The Kier molecular flexibility index (Phi) is 7.02. The van der Waals surface area contributed by atoms with Crippen molar-refractivity contribution in [1.29, 1.82) is 0 Å². The fraction of sp³-hybridized carbons (Fsp3) is 0.300. The molecule has 0 saturated heterocycles. The van der Waals surface area contributed by atoms with E-state index in [2.05, 4.69) is 14.7 Å². The first kappa shape index (κ1) is 19.3. The van der Waals surface area contributed by atoms with E-state index in [0.29, 0.717) is 36.3 Å². The molecule has 2 rings (SSSR count). The molecule has 1 aromatic heterocycles. The summed E-state index contributed by atoms with van der Waals surface area (Å²) in [5, 5.41) is 0. The highest BCUT2D eigenvalue weighted by molar-refractivity contribution is 5.98. The van der Waals surface area contributed by atoms with Crippen molar-refractivity contribution in [2.24, 2.45) is 0 Å². The van der Waals surface area contributed by atoms with Gasteiger partial charge in [-0.1, -0.05) is 12.1 Å². The van der Waals surface area contributed by atoms with Crippen LogP contribution in [0, 0.1) is 0 Å². The van der Waals surface area contributed by atoms with Crippen LogP contribution < -0.4 is 4.74 Å². The topological polar surface area (TPSA) is 78.4 Å². The molecule has 0 atom stereocenters. The van der Waals surface area contributed by atoms with Gasteiger partial charge in [-0.2, -0.15) is 0 Å². The normalized spacial score (nSPS) is 11.1. The van der Waals surface area contributed by atoms with Gasteiger partial charge in [0.2, 0.25) is 0 Å². The average Bonchev–Trinajstić information content (AvgIpc) is 2.68. The van der Waals surface area contributed by atoms with Crippen molar-refractivity contribution in [3.8, 4) is 5.75 Å². The minimum absolute atomic E-state index is 0.0760. The number of allylic oxidation sites excluding steroid dienone is 1. The van der Waals surface area contributed by atoms with Crippen molar-refractivity contribution in [1.82, 2.24) is 9.97 Å². The highest BCUT2D eigenvalue weighted by atomic mass is 16.5. The first-order valence-electron chi connectivity index (χ1n) is 8.29. The maximum Gasteiger partial charge on any atom is 0.305 e. The molecule has 0 fully saturated rings. The summed E-state index contributed by atoms with van der Waals surface area (Å²) in [5.74, 6) is 0.223. The second-order valence-electron chi connectivity index (χ2n) is 5.65. The van der Waals surface area contributed by atoms with Crippen LogP contribution in [0.3, 0.4) is 0 Å². The summed E-state index contributed by atoms with van der Waals surface area (Å²) < 4.78 is 9.93. The monoisotopic (exact) mass is 354 g/mol. The lowest BCUT2D eigenvalue weighted by atomic mass is 9.97. The van der Waals surface area contributed by atoms with Gasteiger partial charge in [0, 0.05) is 24.4 Å². The van der Waals surface area contributed by atoms with Gasteiger partial charge >= 0.3 is 5.97 Å². The second-order valence-corrected chi connectivity index (χ2v) is 5.65. The number of benzene rings is 1. The molecule has 0 N–H and O–H groups in total. The number of ketones is 1. The molecule has 0 amide bonds. The maximum absolute atomic E-state index is 11.9. The number of hydrogen-bond donors (Lipinski definition) is 0. The van der Waals surface area contributed by atoms with Crippen molar-refractivity contribution in [2.45, 2.75) is 26.2 Å². The third-order valence-electron chi connectivity index (χ3n) is 3.89. The molecule has 0 aliphatic rings. The van der Waals surface area contributed by atoms with Crippen LogP contribution in [0.1, 0.15) is 47.8 Å². The number of carbonyl (C=O) groups excluding carboxylic acids is 2. The molecule has 6 nitrogen and oxygen atoms in total. The minimum atomic E-state index is -0.234. The molecule has 0 spiro atoms. The average molecular weight is 354 g/mol. The molecule has 26 heavy (non-hydrogen) atoms. The third-order valence-corrected chi connectivity index (χ3v) is 3.89. The highest BCUT2D eigenvalue weighted by Crippen LogP contribution is 2.28. The summed E-state index contributed by atoms with van der Waals surface area (Å²) in [7, 11) is 2.91. The van der Waals surface area contributed by atoms with Gasteiger partial charge in [-0.3, -0.25) is 19.6 Å². The first-order chi connectivity index (χ1) is 12.6. The van der Waals surface area contributed by atoms with Crippen LogP contribution in [-0.2, 0) is 9.53 Å². The Bertz CT molecular complexity index is 801. The van der Waals surface area contributed by atoms with Gasteiger partial charge < -0.3 is 9.47 Å². The van der Waals surface area contributed by atoms with E-state index < -0.39 is 0 Å². The molecule has 1 aromatic carbocycles. The van der Waals surface area contributed by atoms with Crippen LogP contribution >= 0.6 is 0 Å². The Labute approximate surface area is 152 Å². The van der Waals surface area contributed by atoms with E-state index in [1.807, 2.05) is 12.1 Å². The van der Waals surface area contributed by atoms with Crippen LogP contribution in [0.25, 0.3) is 5.57 Å². The van der Waals surface area contributed by atoms with Crippen molar-refractivity contribution < 1.29 is 19.1 Å². The molecule has 0 aliphatic carbocycles. The van der Waals surface area contributed by atoms with Crippen molar-refractivity contribution in [2.75, 3.05) is 14.2 Å². The zero-order valence-electron chi connectivity index (χ0n) is 15.2. The molecule has 6 heteroatoms. The van der Waals surface area contributed by atoms with Gasteiger partial charge in [0.05, 0.1) is 31.7 Å². The van der Waals surface area contributed by atoms with Crippen LogP contribution in [-0.4, -0.2) is 35.9 Å². The van der Waals surface area contributed by atoms with Crippen LogP contribution in [0.5, 0.6) is 5.75 Å². The summed E-state index contributed by atoms with van der Waals surface area (Å²) in [6.07, 6.45) is 8.57. The van der Waals surface area contributed by atoms with Crippen LogP contribution in [0.4, 0.5) is 0 Å². The SMILES string of the molecule is COC(=O)CCC/C=C(/c1ccc(OC)c(C(C)=O)c1)c1cnccn1. The smallest absolute Gasteiger partial charge is 0.305 e. The highest BCUT2D eigenvalue weighted by Gasteiger charge is 2.13. The summed E-state index contributed by atoms with van der Waals surface area (Å²) >= 11 is 0. The van der Waals surface area contributed by atoms with E-state index in [0.717, 1.165) is 11.1 Å². The molecule has 0 aliphatic heterocycles. The number of aromatic nitrogens is 2. The van der Waals surface area contributed by atoms with Crippen LogP contribution in [0.15, 0.2) is 42.9 Å². The lowest BCUT2D eigenvalue weighted by Crippen LogP contribution is -2.01. The molecule has 2 aromatic rings. The van der Waals surface area contributed by atoms with Crippen molar-refractivity contribution >= 4 is 17.3 Å². The maximum atomic E-state index is 11.9. The molecule has 0 radical (unpaired) electrons. The Morgan fingerprint density at radius 1 is 1.19 bits per heavy atom. The fourth-order valence-electron chi connectivity index (χ4n) is 2.55. The lowest BCUT2D eigenvalue weighted by molar-refractivity contribution is -0.140. The van der Waals surface area contributed by atoms with Gasteiger partial charge in [0.15, 0.2) is 5.78 Å². The Morgan fingerprint density at radius 2 is 2.00 bits per heavy atom. The first-order valence-corrected chi connectivity index (χ1v) is 8.29. The number of carbonyl (C=O) groups is 2. The van der Waals surface area contributed by atoms with Crippen molar-refractivity contribution in [3.63, 3.8) is 0 Å². The summed E-state index contributed by atoms with van der Waals surface area (Å²) in [6, 6.07) is 5.44. The molecular weight excluding hydrogens is 332 g/mol. The molecule has 0 saturated carbocycles. The summed E-state index contributed by atoms with van der Waals surface area (Å²) in [5.41, 5.74) is 2.90. The number of nitrogens with zero attached hydrogens (tertiary/aromatic N) is 2. The number of esters is 1. The zero-order valence-corrected chi connectivity index (χ0v) is 15.2. The molecular formula is C20H22N2O4. The van der Waals surface area contributed by atoms with E-state index in [1.54, 1.807) is 30.7 Å². The third kappa shape index (κ3) is 4.99. The largest absolute Gasteiger partial charge is 0.496 e. The van der Waals surface area contributed by atoms with E-state index in [-0.39, 0.29) is 11.8 Å². The molecule has 0 bridgehead atoms. The summed E-state index contributed by atoms with van der Waals surface area (Å²) in [4.78, 5) is 31.7. The minimum Gasteiger partial charge on any atom is -0.496 e. The Balaban J connectivity index is 2.37. The number of Topliss-reactive ketones (excluding diaryl/α,β-unsaturated/α-hetero) is 1. The zero-order chi connectivity index (χ0) is 18.9. The molecule has 136 valence electrons. The number of hydrogen-bond acceptors (Lipinski definition) is 6. The van der Waals surface area contributed by atoms with E-state index in [1.165, 1.54) is 21.1 Å².